The maximum Gasteiger partial charge on any atom is 0.311 e. The van der Waals surface area contributed by atoms with Crippen molar-refractivity contribution in [1.29, 1.82) is 5.26 Å². The van der Waals surface area contributed by atoms with E-state index in [0.29, 0.717) is 5.02 Å². The van der Waals surface area contributed by atoms with Crippen LogP contribution in [-0.4, -0.2) is 9.91 Å². The third-order valence-corrected chi connectivity index (χ3v) is 2.43. The van der Waals surface area contributed by atoms with Crippen LogP contribution in [-0.2, 0) is 0 Å². The maximum atomic E-state index is 10.8. The number of nitro groups is 1. The van der Waals surface area contributed by atoms with Crippen LogP contribution in [0.5, 0.6) is 11.5 Å². The van der Waals surface area contributed by atoms with E-state index in [9.17, 15) is 10.1 Å². The molecule has 0 radical (unpaired) electrons. The molecule has 0 amide bonds. The fourth-order valence-corrected chi connectivity index (χ4v) is 1.52. The highest BCUT2D eigenvalue weighted by Gasteiger charge is 2.16. The van der Waals surface area contributed by atoms with Gasteiger partial charge in [-0.3, -0.25) is 10.1 Å². The number of benzene rings is 1. The van der Waals surface area contributed by atoms with Crippen LogP contribution in [0, 0.1) is 21.4 Å². The van der Waals surface area contributed by atoms with Crippen molar-refractivity contribution in [2.45, 2.75) is 0 Å². The van der Waals surface area contributed by atoms with Crippen molar-refractivity contribution >= 4 is 17.3 Å². The number of aromatic nitrogens is 1. The van der Waals surface area contributed by atoms with E-state index in [-0.39, 0.29) is 22.9 Å². The largest absolute Gasteiger partial charge is 0.448 e. The SMILES string of the molecule is N#Cc1ccc(Oc2cc(Cl)ccc2[N+](=O)[O-])cn1. The second kappa shape index (κ2) is 5.33. The van der Waals surface area contributed by atoms with Gasteiger partial charge < -0.3 is 4.74 Å². The van der Waals surface area contributed by atoms with Gasteiger partial charge in [0.15, 0.2) is 0 Å². The molecule has 0 fully saturated rings. The number of halogens is 1. The van der Waals surface area contributed by atoms with Gasteiger partial charge in [-0.1, -0.05) is 11.6 Å². The lowest BCUT2D eigenvalue weighted by Gasteiger charge is -2.06. The van der Waals surface area contributed by atoms with Gasteiger partial charge in [-0.2, -0.15) is 5.26 Å². The van der Waals surface area contributed by atoms with E-state index < -0.39 is 4.92 Å². The lowest BCUT2D eigenvalue weighted by atomic mass is 10.3. The fourth-order valence-electron chi connectivity index (χ4n) is 1.35. The van der Waals surface area contributed by atoms with Gasteiger partial charge >= 0.3 is 5.69 Å². The zero-order valence-corrected chi connectivity index (χ0v) is 10.2. The molecule has 0 unspecified atom stereocenters. The van der Waals surface area contributed by atoms with Crippen LogP contribution in [0.3, 0.4) is 0 Å². The van der Waals surface area contributed by atoms with Crippen LogP contribution < -0.4 is 4.74 Å². The minimum absolute atomic E-state index is 0.0176. The van der Waals surface area contributed by atoms with Crippen molar-refractivity contribution in [2.24, 2.45) is 0 Å². The standard InChI is InChI=1S/C12H6ClN3O3/c13-8-1-4-11(16(17)18)12(5-8)19-10-3-2-9(6-14)15-7-10/h1-5,7H. The number of nitriles is 1. The third-order valence-electron chi connectivity index (χ3n) is 2.20. The number of rotatable bonds is 3. The highest BCUT2D eigenvalue weighted by Crippen LogP contribution is 2.33. The Morgan fingerprint density at radius 3 is 2.74 bits per heavy atom. The Kier molecular flexibility index (Phi) is 3.59. The second-order valence-electron chi connectivity index (χ2n) is 3.46. The molecule has 0 aliphatic heterocycles. The molecule has 0 saturated heterocycles. The van der Waals surface area contributed by atoms with Gasteiger partial charge in [0, 0.05) is 17.2 Å². The van der Waals surface area contributed by atoms with Crippen molar-refractivity contribution in [3.63, 3.8) is 0 Å². The van der Waals surface area contributed by atoms with Gasteiger partial charge in [-0.05, 0) is 18.2 Å². The van der Waals surface area contributed by atoms with Crippen molar-refractivity contribution in [1.82, 2.24) is 4.98 Å². The number of pyridine rings is 1. The Bertz CT molecular complexity index is 665. The summed E-state index contributed by atoms with van der Waals surface area (Å²) in [6.07, 6.45) is 1.31. The number of ether oxygens (including phenoxy) is 1. The summed E-state index contributed by atoms with van der Waals surface area (Å²) in [6, 6.07) is 8.82. The van der Waals surface area contributed by atoms with Crippen molar-refractivity contribution in [3.8, 4) is 17.6 Å². The summed E-state index contributed by atoms with van der Waals surface area (Å²) in [5.41, 5.74) is 0.0294. The molecule has 1 aromatic heterocycles. The van der Waals surface area contributed by atoms with E-state index in [1.807, 2.05) is 6.07 Å². The molecule has 1 heterocycles. The molecule has 1 aromatic carbocycles. The minimum atomic E-state index is -0.567. The van der Waals surface area contributed by atoms with Crippen molar-refractivity contribution < 1.29 is 9.66 Å². The third kappa shape index (κ3) is 2.97. The van der Waals surface area contributed by atoms with Gasteiger partial charge in [-0.25, -0.2) is 4.98 Å². The summed E-state index contributed by atoms with van der Waals surface area (Å²) in [5, 5.41) is 19.8. The predicted molar refractivity (Wildman–Crippen MR) is 67.1 cm³/mol. The Labute approximate surface area is 113 Å². The number of nitro benzene ring substituents is 1. The summed E-state index contributed by atoms with van der Waals surface area (Å²) in [4.78, 5) is 14.1. The summed E-state index contributed by atoms with van der Waals surface area (Å²) in [5.74, 6) is 0.299. The average molecular weight is 276 g/mol. The van der Waals surface area contributed by atoms with Crippen molar-refractivity contribution in [2.75, 3.05) is 0 Å². The van der Waals surface area contributed by atoms with Crippen LogP contribution in [0.15, 0.2) is 36.5 Å². The van der Waals surface area contributed by atoms with Gasteiger partial charge in [0.25, 0.3) is 0 Å². The van der Waals surface area contributed by atoms with Crippen molar-refractivity contribution in [3.05, 3.63) is 57.4 Å². The zero-order chi connectivity index (χ0) is 13.8. The second-order valence-corrected chi connectivity index (χ2v) is 3.90. The van der Waals surface area contributed by atoms with E-state index >= 15 is 0 Å². The molecule has 2 aromatic rings. The van der Waals surface area contributed by atoms with Crippen LogP contribution in [0.4, 0.5) is 5.69 Å². The highest BCUT2D eigenvalue weighted by molar-refractivity contribution is 6.30. The Balaban J connectivity index is 2.34. The Morgan fingerprint density at radius 1 is 1.37 bits per heavy atom. The summed E-state index contributed by atoms with van der Waals surface area (Å²) in [7, 11) is 0. The summed E-state index contributed by atoms with van der Waals surface area (Å²) >= 11 is 5.77. The van der Waals surface area contributed by atoms with Crippen LogP contribution in [0.25, 0.3) is 0 Å². The molecule has 0 spiro atoms. The van der Waals surface area contributed by atoms with Gasteiger partial charge in [0.1, 0.15) is 17.5 Å². The molecule has 19 heavy (non-hydrogen) atoms. The first-order valence-corrected chi connectivity index (χ1v) is 5.46. The zero-order valence-electron chi connectivity index (χ0n) is 9.41. The summed E-state index contributed by atoms with van der Waals surface area (Å²) in [6.45, 7) is 0. The molecule has 7 heteroatoms. The molecule has 94 valence electrons. The predicted octanol–water partition coefficient (Wildman–Crippen LogP) is 3.31. The first-order chi connectivity index (χ1) is 9.10. The van der Waals surface area contributed by atoms with Gasteiger partial charge in [0.05, 0.1) is 11.1 Å². The molecule has 0 aliphatic carbocycles. The molecule has 2 rings (SSSR count). The first kappa shape index (κ1) is 12.8. The fraction of sp³-hybridized carbons (Fsp3) is 0. The quantitative estimate of drug-likeness (QED) is 0.633. The van der Waals surface area contributed by atoms with Crippen LogP contribution in [0.1, 0.15) is 5.69 Å². The lowest BCUT2D eigenvalue weighted by Crippen LogP contribution is -1.94. The maximum absolute atomic E-state index is 10.8. The Hall–Kier alpha value is -2.65. The molecular weight excluding hydrogens is 270 g/mol. The number of hydrogen-bond donors (Lipinski definition) is 0. The molecule has 0 saturated carbocycles. The Morgan fingerprint density at radius 2 is 2.16 bits per heavy atom. The number of hydrogen-bond acceptors (Lipinski definition) is 5. The van der Waals surface area contributed by atoms with E-state index in [2.05, 4.69) is 4.98 Å². The van der Waals surface area contributed by atoms with Crippen LogP contribution in [0.2, 0.25) is 5.02 Å². The van der Waals surface area contributed by atoms with Gasteiger partial charge in [0.2, 0.25) is 5.75 Å². The van der Waals surface area contributed by atoms with E-state index in [4.69, 9.17) is 21.6 Å². The monoisotopic (exact) mass is 275 g/mol. The van der Waals surface area contributed by atoms with E-state index in [0.717, 1.165) is 0 Å². The van der Waals surface area contributed by atoms with Gasteiger partial charge in [-0.15, -0.1) is 0 Å². The smallest absolute Gasteiger partial charge is 0.311 e. The molecule has 0 bridgehead atoms. The first-order valence-electron chi connectivity index (χ1n) is 5.08. The molecule has 0 aliphatic rings. The molecule has 6 nitrogen and oxygen atoms in total. The summed E-state index contributed by atoms with van der Waals surface area (Å²) < 4.78 is 5.35. The minimum Gasteiger partial charge on any atom is -0.448 e. The lowest BCUT2D eigenvalue weighted by molar-refractivity contribution is -0.385. The number of nitrogens with zero attached hydrogens (tertiary/aromatic N) is 3. The average Bonchev–Trinajstić information content (AvgIpc) is 2.39. The highest BCUT2D eigenvalue weighted by atomic mass is 35.5. The van der Waals surface area contributed by atoms with E-state index in [1.54, 1.807) is 0 Å². The van der Waals surface area contributed by atoms with E-state index in [1.165, 1.54) is 36.5 Å². The molecule has 0 N–H and O–H groups in total. The van der Waals surface area contributed by atoms with Crippen LogP contribution >= 0.6 is 11.6 Å². The topological polar surface area (TPSA) is 89.0 Å². The molecule has 0 atom stereocenters. The normalized spacial score (nSPS) is 9.68. The molecular formula is C12H6ClN3O3.